The predicted molar refractivity (Wildman–Crippen MR) is 75.7 cm³/mol. The van der Waals surface area contributed by atoms with Crippen molar-refractivity contribution >= 4 is 11.8 Å². The van der Waals surface area contributed by atoms with Crippen molar-refractivity contribution in [1.82, 2.24) is 9.97 Å². The molecule has 0 radical (unpaired) electrons. The van der Waals surface area contributed by atoms with E-state index in [0.717, 1.165) is 17.3 Å². The van der Waals surface area contributed by atoms with Gasteiger partial charge in [-0.2, -0.15) is 0 Å². The van der Waals surface area contributed by atoms with Gasteiger partial charge in [0.15, 0.2) is 0 Å². The topological polar surface area (TPSA) is 66.3 Å². The monoisotopic (exact) mass is 265 g/mol. The first-order chi connectivity index (χ1) is 8.81. The normalized spacial score (nSPS) is 11.1. The van der Waals surface area contributed by atoms with Crippen LogP contribution in [0.1, 0.15) is 57.5 Å². The molecule has 0 aliphatic heterocycles. The fourth-order valence-corrected chi connectivity index (χ4v) is 1.60. The Morgan fingerprint density at radius 1 is 1.26 bits per heavy atom. The Balaban J connectivity index is 3.01. The summed E-state index contributed by atoms with van der Waals surface area (Å²) in [6.45, 7) is 8.74. The number of carboxylic acids is 1. The number of hydrogen-bond acceptors (Lipinski definition) is 4. The van der Waals surface area contributed by atoms with Crippen molar-refractivity contribution in [2.24, 2.45) is 0 Å². The van der Waals surface area contributed by atoms with Crippen LogP contribution in [0.2, 0.25) is 0 Å². The molecule has 106 valence electrons. The summed E-state index contributed by atoms with van der Waals surface area (Å²) in [5, 5.41) is 8.74. The Hall–Kier alpha value is -1.65. The van der Waals surface area contributed by atoms with Crippen molar-refractivity contribution in [2.75, 3.05) is 18.5 Å². The predicted octanol–water partition coefficient (Wildman–Crippen LogP) is 2.63. The molecule has 0 amide bonds. The van der Waals surface area contributed by atoms with Gasteiger partial charge in [0.1, 0.15) is 11.6 Å². The van der Waals surface area contributed by atoms with Gasteiger partial charge in [0, 0.05) is 31.3 Å². The Kier molecular flexibility index (Phi) is 5.27. The molecule has 0 saturated heterocycles. The maximum Gasteiger partial charge on any atom is 0.305 e. The Labute approximate surface area is 114 Å². The van der Waals surface area contributed by atoms with Crippen LogP contribution in [0.3, 0.4) is 0 Å². The summed E-state index contributed by atoms with van der Waals surface area (Å²) in [5.74, 6) is 1.39. The third kappa shape index (κ3) is 4.50. The smallest absolute Gasteiger partial charge is 0.305 e. The van der Waals surface area contributed by atoms with Gasteiger partial charge in [0.05, 0.1) is 6.42 Å². The summed E-state index contributed by atoms with van der Waals surface area (Å²) in [5.41, 5.74) is 0.996. The molecule has 0 atom stereocenters. The van der Waals surface area contributed by atoms with Crippen LogP contribution in [0.15, 0.2) is 6.07 Å². The molecule has 0 spiro atoms. The number of carbonyl (C=O) groups is 1. The largest absolute Gasteiger partial charge is 0.481 e. The second-order valence-corrected chi connectivity index (χ2v) is 5.38. The second kappa shape index (κ2) is 6.50. The molecule has 0 aromatic carbocycles. The lowest BCUT2D eigenvalue weighted by Crippen LogP contribution is -2.23. The van der Waals surface area contributed by atoms with Gasteiger partial charge in [-0.1, -0.05) is 27.7 Å². The van der Waals surface area contributed by atoms with Crippen molar-refractivity contribution in [3.63, 3.8) is 0 Å². The molecule has 0 bridgehead atoms. The van der Waals surface area contributed by atoms with Crippen molar-refractivity contribution in [3.8, 4) is 0 Å². The minimum absolute atomic E-state index is 0.106. The van der Waals surface area contributed by atoms with Gasteiger partial charge >= 0.3 is 5.97 Å². The van der Waals surface area contributed by atoms with E-state index in [1.54, 1.807) is 0 Å². The molecule has 1 N–H and O–H groups in total. The molecular weight excluding hydrogens is 242 g/mol. The Morgan fingerprint density at radius 2 is 1.89 bits per heavy atom. The number of aliphatic carboxylic acids is 1. The van der Waals surface area contributed by atoms with Crippen molar-refractivity contribution in [2.45, 2.75) is 46.0 Å². The fraction of sp³-hybridized carbons (Fsp3) is 0.643. The molecule has 0 aliphatic carbocycles. The highest BCUT2D eigenvalue weighted by molar-refractivity contribution is 5.67. The highest BCUT2D eigenvalue weighted by Crippen LogP contribution is 2.21. The van der Waals surface area contributed by atoms with Gasteiger partial charge in [-0.3, -0.25) is 4.79 Å². The summed E-state index contributed by atoms with van der Waals surface area (Å²) in [7, 11) is 1.86. The molecule has 1 aromatic rings. The van der Waals surface area contributed by atoms with E-state index in [-0.39, 0.29) is 12.3 Å². The minimum atomic E-state index is -0.797. The van der Waals surface area contributed by atoms with Gasteiger partial charge in [-0.05, 0) is 5.92 Å². The summed E-state index contributed by atoms with van der Waals surface area (Å²) < 4.78 is 0. The van der Waals surface area contributed by atoms with Gasteiger partial charge in [-0.25, -0.2) is 9.97 Å². The van der Waals surface area contributed by atoms with Crippen molar-refractivity contribution < 1.29 is 9.90 Å². The zero-order valence-electron chi connectivity index (χ0n) is 12.3. The standard InChI is InChI=1S/C14H23N3O2/c1-9(2)11-8-12(16-14(15-11)10(3)4)17(5)7-6-13(18)19/h8-10H,6-7H2,1-5H3,(H,18,19). The van der Waals surface area contributed by atoms with Crippen LogP contribution in [-0.4, -0.2) is 34.6 Å². The van der Waals surface area contributed by atoms with Gasteiger partial charge < -0.3 is 10.0 Å². The molecule has 19 heavy (non-hydrogen) atoms. The first-order valence-electron chi connectivity index (χ1n) is 6.63. The number of carboxylic acid groups (broad SMARTS) is 1. The molecule has 5 heteroatoms. The summed E-state index contributed by atoms with van der Waals surface area (Å²) in [6.07, 6.45) is 0.106. The molecule has 1 rings (SSSR count). The molecule has 0 saturated carbocycles. The number of hydrogen-bond donors (Lipinski definition) is 1. The highest BCUT2D eigenvalue weighted by Gasteiger charge is 2.13. The summed E-state index contributed by atoms with van der Waals surface area (Å²) in [6, 6.07) is 1.94. The first-order valence-corrected chi connectivity index (χ1v) is 6.63. The molecule has 1 aromatic heterocycles. The van der Waals surface area contributed by atoms with E-state index in [0.29, 0.717) is 12.5 Å². The van der Waals surface area contributed by atoms with E-state index in [2.05, 4.69) is 37.7 Å². The van der Waals surface area contributed by atoms with E-state index < -0.39 is 5.97 Å². The van der Waals surface area contributed by atoms with E-state index in [1.807, 2.05) is 18.0 Å². The molecule has 5 nitrogen and oxygen atoms in total. The SMILES string of the molecule is CC(C)c1cc(N(C)CCC(=O)O)nc(C(C)C)n1. The average molecular weight is 265 g/mol. The lowest BCUT2D eigenvalue weighted by atomic mass is 10.1. The van der Waals surface area contributed by atoms with Gasteiger partial charge in [0.25, 0.3) is 0 Å². The molecule has 1 heterocycles. The van der Waals surface area contributed by atoms with E-state index >= 15 is 0 Å². The maximum atomic E-state index is 10.6. The van der Waals surface area contributed by atoms with E-state index in [9.17, 15) is 4.79 Å². The van der Waals surface area contributed by atoms with Crippen LogP contribution in [0.25, 0.3) is 0 Å². The summed E-state index contributed by atoms with van der Waals surface area (Å²) in [4.78, 5) is 21.6. The Morgan fingerprint density at radius 3 is 2.37 bits per heavy atom. The van der Waals surface area contributed by atoms with Crippen molar-refractivity contribution in [1.29, 1.82) is 0 Å². The van der Waals surface area contributed by atoms with Crippen LogP contribution < -0.4 is 4.90 Å². The van der Waals surface area contributed by atoms with Gasteiger partial charge in [0.2, 0.25) is 0 Å². The van der Waals surface area contributed by atoms with E-state index in [1.165, 1.54) is 0 Å². The molecular formula is C14H23N3O2. The Bertz CT molecular complexity index is 418. The minimum Gasteiger partial charge on any atom is -0.481 e. The van der Waals surface area contributed by atoms with Crippen LogP contribution >= 0.6 is 0 Å². The number of aromatic nitrogens is 2. The van der Waals surface area contributed by atoms with Crippen LogP contribution in [-0.2, 0) is 4.79 Å². The molecule has 0 fully saturated rings. The fourth-order valence-electron chi connectivity index (χ4n) is 1.60. The maximum absolute atomic E-state index is 10.6. The molecule has 0 unspecified atom stereocenters. The third-order valence-corrected chi connectivity index (χ3v) is 2.91. The second-order valence-electron chi connectivity index (χ2n) is 5.38. The lowest BCUT2D eigenvalue weighted by molar-refractivity contribution is -0.136. The van der Waals surface area contributed by atoms with Crippen LogP contribution in [0, 0.1) is 0 Å². The number of nitrogens with zero attached hydrogens (tertiary/aromatic N) is 3. The lowest BCUT2D eigenvalue weighted by Gasteiger charge is -2.20. The quantitative estimate of drug-likeness (QED) is 0.856. The zero-order chi connectivity index (χ0) is 14.6. The van der Waals surface area contributed by atoms with Crippen LogP contribution in [0.5, 0.6) is 0 Å². The average Bonchev–Trinajstić information content (AvgIpc) is 2.35. The van der Waals surface area contributed by atoms with Crippen LogP contribution in [0.4, 0.5) is 5.82 Å². The third-order valence-electron chi connectivity index (χ3n) is 2.91. The number of rotatable bonds is 6. The molecule has 0 aliphatic rings. The zero-order valence-corrected chi connectivity index (χ0v) is 12.3. The van der Waals surface area contributed by atoms with Crippen molar-refractivity contribution in [3.05, 3.63) is 17.6 Å². The highest BCUT2D eigenvalue weighted by atomic mass is 16.4. The summed E-state index contributed by atoms with van der Waals surface area (Å²) >= 11 is 0. The number of anilines is 1. The first kappa shape index (κ1) is 15.4. The van der Waals surface area contributed by atoms with Gasteiger partial charge in [-0.15, -0.1) is 0 Å². The van der Waals surface area contributed by atoms with E-state index in [4.69, 9.17) is 5.11 Å².